The number of carbonyl (C=O) groups excluding carboxylic acids is 2. The predicted molar refractivity (Wildman–Crippen MR) is 141 cm³/mol. The molecule has 0 spiro atoms. The molecule has 0 radical (unpaired) electrons. The molecule has 10 heteroatoms. The molecule has 0 bridgehead atoms. The number of rotatable bonds is 8. The molecule has 1 rings (SSSR count). The van der Waals surface area contributed by atoms with Gasteiger partial charge in [-0.1, -0.05) is 32.9 Å². The molecular weight excluding hydrogens is 503 g/mol. The van der Waals surface area contributed by atoms with Gasteiger partial charge in [-0.05, 0) is 77.4 Å². The molecule has 0 aromatic heterocycles. The number of halogens is 3. The first-order valence-corrected chi connectivity index (χ1v) is 15.3. The second-order valence-electron chi connectivity index (χ2n) is 12.9. The minimum Gasteiger partial charge on any atom is -0.465 e. The first kappa shape index (κ1) is 33.0. The summed E-state index contributed by atoms with van der Waals surface area (Å²) >= 11 is 0. The zero-order chi connectivity index (χ0) is 29.0. The molecule has 0 saturated heterocycles. The molecule has 0 fully saturated rings. The van der Waals surface area contributed by atoms with Gasteiger partial charge in [0.2, 0.25) is 0 Å². The zero-order valence-corrected chi connectivity index (χ0v) is 25.1. The first-order chi connectivity index (χ1) is 16.4. The topological polar surface area (TPSA) is 73.9 Å². The Morgan fingerprint density at radius 1 is 0.892 bits per heavy atom. The fourth-order valence-corrected chi connectivity index (χ4v) is 4.01. The van der Waals surface area contributed by atoms with E-state index in [1.807, 2.05) is 0 Å². The number of hydrogen-bond acceptors (Lipinski definition) is 5. The molecule has 1 amide bonds. The van der Waals surface area contributed by atoms with E-state index in [0.717, 1.165) is 12.1 Å². The van der Waals surface area contributed by atoms with Crippen molar-refractivity contribution >= 4 is 20.4 Å². The van der Waals surface area contributed by atoms with Crippen molar-refractivity contribution in [3.8, 4) is 0 Å². The molecule has 6 nitrogen and oxygen atoms in total. The van der Waals surface area contributed by atoms with Crippen LogP contribution in [0.4, 0.5) is 18.0 Å². The van der Waals surface area contributed by atoms with Crippen molar-refractivity contribution in [3.63, 3.8) is 0 Å². The summed E-state index contributed by atoms with van der Waals surface area (Å²) in [5, 5.41) is 2.71. The van der Waals surface area contributed by atoms with Crippen molar-refractivity contribution < 1.29 is 36.7 Å². The van der Waals surface area contributed by atoms with Crippen LogP contribution in [0.25, 0.3) is 0 Å². The molecule has 0 aliphatic carbocycles. The number of amides is 1. The second-order valence-corrected chi connectivity index (χ2v) is 17.7. The summed E-state index contributed by atoms with van der Waals surface area (Å²) in [5.41, 5.74) is -1.88. The van der Waals surface area contributed by atoms with Crippen molar-refractivity contribution in [1.82, 2.24) is 5.32 Å². The van der Waals surface area contributed by atoms with Gasteiger partial charge in [0.15, 0.2) is 8.32 Å². The van der Waals surface area contributed by atoms with Crippen LogP contribution in [-0.4, -0.2) is 45.2 Å². The molecule has 1 N–H and O–H groups in total. The van der Waals surface area contributed by atoms with Crippen molar-refractivity contribution in [2.45, 2.75) is 104 Å². The average molecular weight is 548 g/mol. The molecule has 0 aliphatic rings. The Hall–Kier alpha value is -2.07. The van der Waals surface area contributed by atoms with E-state index in [0.29, 0.717) is 5.56 Å². The second kappa shape index (κ2) is 11.8. The number of carbonyl (C=O) groups is 2. The van der Waals surface area contributed by atoms with Gasteiger partial charge in [0.25, 0.3) is 0 Å². The van der Waals surface area contributed by atoms with Crippen molar-refractivity contribution in [2.24, 2.45) is 5.41 Å². The van der Waals surface area contributed by atoms with Gasteiger partial charge >= 0.3 is 18.2 Å². The highest BCUT2D eigenvalue weighted by Crippen LogP contribution is 2.37. The maximum absolute atomic E-state index is 13.2. The van der Waals surface area contributed by atoms with Gasteiger partial charge in [0.1, 0.15) is 12.2 Å². The lowest BCUT2D eigenvalue weighted by Gasteiger charge is -2.38. The summed E-state index contributed by atoms with van der Waals surface area (Å²) < 4.78 is 57.0. The average Bonchev–Trinajstić information content (AvgIpc) is 2.68. The summed E-state index contributed by atoms with van der Waals surface area (Å²) in [6, 6.07) is 3.90. The summed E-state index contributed by atoms with van der Waals surface area (Å²) in [6.45, 7) is 20.6. The first-order valence-electron chi connectivity index (χ1n) is 12.4. The van der Waals surface area contributed by atoms with E-state index in [-0.39, 0.29) is 18.3 Å². The summed E-state index contributed by atoms with van der Waals surface area (Å²) in [6.07, 6.45) is -5.19. The minimum absolute atomic E-state index is 0.0640. The van der Waals surface area contributed by atoms with Crippen molar-refractivity contribution in [3.05, 3.63) is 35.4 Å². The van der Waals surface area contributed by atoms with E-state index in [2.05, 4.69) is 39.2 Å². The van der Waals surface area contributed by atoms with E-state index in [9.17, 15) is 22.8 Å². The third-order valence-corrected chi connectivity index (χ3v) is 10.8. The van der Waals surface area contributed by atoms with E-state index in [4.69, 9.17) is 13.9 Å². The standard InChI is InChI=1S/C27H44F3NO5Si/c1-24(2,3)22(32)34-16-20(18-12-14-19(15-13-18)27(28,29)30)21(31-23(33)36-25(4,5)6)17-35-37(10,11)26(7,8)9/h12-15,20-21H,16-17H2,1-11H3,(H,31,33). The minimum atomic E-state index is -4.49. The van der Waals surface area contributed by atoms with Gasteiger partial charge in [-0.3, -0.25) is 4.79 Å². The van der Waals surface area contributed by atoms with Crippen LogP contribution in [0.2, 0.25) is 18.1 Å². The summed E-state index contributed by atoms with van der Waals surface area (Å²) in [4.78, 5) is 25.3. The number of benzene rings is 1. The highest BCUT2D eigenvalue weighted by atomic mass is 28.4. The zero-order valence-electron chi connectivity index (χ0n) is 24.1. The Bertz CT molecular complexity index is 910. The molecule has 2 unspecified atom stereocenters. The predicted octanol–water partition coefficient (Wildman–Crippen LogP) is 7.29. The highest BCUT2D eigenvalue weighted by Gasteiger charge is 2.39. The molecule has 0 heterocycles. The number of nitrogens with one attached hydrogen (secondary N) is 1. The lowest BCUT2D eigenvalue weighted by molar-refractivity contribution is -0.153. The number of alkyl halides is 3. The van der Waals surface area contributed by atoms with Crippen molar-refractivity contribution in [2.75, 3.05) is 13.2 Å². The Labute approximate surface area is 220 Å². The lowest BCUT2D eigenvalue weighted by atomic mass is 9.91. The van der Waals surface area contributed by atoms with Crippen LogP contribution >= 0.6 is 0 Å². The molecule has 2 atom stereocenters. The SMILES string of the molecule is CC(C)(C)OC(=O)NC(CO[Si](C)(C)C(C)(C)C)C(COC(=O)C(C)(C)C)c1ccc(C(F)(F)F)cc1. The van der Waals surface area contributed by atoms with Gasteiger partial charge < -0.3 is 19.2 Å². The highest BCUT2D eigenvalue weighted by molar-refractivity contribution is 6.74. The number of esters is 1. The van der Waals surface area contributed by atoms with E-state index >= 15 is 0 Å². The number of alkyl carbamates (subject to hydrolysis) is 1. The summed E-state index contributed by atoms with van der Waals surface area (Å²) in [5.74, 6) is -1.16. The molecule has 1 aromatic carbocycles. The van der Waals surface area contributed by atoms with Crippen LogP contribution < -0.4 is 5.32 Å². The van der Waals surface area contributed by atoms with Gasteiger partial charge in [-0.25, -0.2) is 4.79 Å². The van der Waals surface area contributed by atoms with Crippen LogP contribution in [0.3, 0.4) is 0 Å². The Morgan fingerprint density at radius 2 is 1.41 bits per heavy atom. The van der Waals surface area contributed by atoms with Crippen molar-refractivity contribution in [1.29, 1.82) is 0 Å². The third-order valence-electron chi connectivity index (χ3n) is 6.29. The van der Waals surface area contributed by atoms with E-state index in [1.54, 1.807) is 41.5 Å². The lowest BCUT2D eigenvalue weighted by Crippen LogP contribution is -2.50. The maximum atomic E-state index is 13.2. The molecule has 1 aromatic rings. The third kappa shape index (κ3) is 10.7. The van der Waals surface area contributed by atoms with Gasteiger partial charge in [-0.2, -0.15) is 13.2 Å². The Kier molecular flexibility index (Phi) is 10.5. The molecule has 0 aliphatic heterocycles. The fraction of sp³-hybridized carbons (Fsp3) is 0.704. The number of ether oxygens (including phenoxy) is 2. The van der Waals surface area contributed by atoms with Gasteiger partial charge in [0.05, 0.1) is 23.6 Å². The molecule has 212 valence electrons. The van der Waals surface area contributed by atoms with Crippen LogP contribution in [0.1, 0.15) is 79.4 Å². The van der Waals surface area contributed by atoms with Crippen LogP contribution in [0.15, 0.2) is 24.3 Å². The van der Waals surface area contributed by atoms with Gasteiger partial charge in [-0.15, -0.1) is 0 Å². The maximum Gasteiger partial charge on any atom is 0.416 e. The van der Waals surface area contributed by atoms with Crippen LogP contribution in [0, 0.1) is 5.41 Å². The summed E-state index contributed by atoms with van der Waals surface area (Å²) in [7, 11) is -2.27. The Morgan fingerprint density at radius 3 is 1.81 bits per heavy atom. The van der Waals surface area contributed by atoms with E-state index in [1.165, 1.54) is 12.1 Å². The number of hydrogen-bond donors (Lipinski definition) is 1. The van der Waals surface area contributed by atoms with Crippen LogP contribution in [0.5, 0.6) is 0 Å². The van der Waals surface area contributed by atoms with Gasteiger partial charge in [0, 0.05) is 5.92 Å². The quantitative estimate of drug-likeness (QED) is 0.273. The fourth-order valence-electron chi connectivity index (χ4n) is 2.98. The molecule has 37 heavy (non-hydrogen) atoms. The largest absolute Gasteiger partial charge is 0.465 e. The Balaban J connectivity index is 3.45. The molecule has 0 saturated carbocycles. The van der Waals surface area contributed by atoms with Crippen LogP contribution in [-0.2, 0) is 24.9 Å². The van der Waals surface area contributed by atoms with E-state index < -0.39 is 55.1 Å². The normalized spacial score (nSPS) is 15.1. The molecular formula is C27H44F3NO5Si. The smallest absolute Gasteiger partial charge is 0.416 e. The monoisotopic (exact) mass is 547 g/mol.